The van der Waals surface area contributed by atoms with Crippen LogP contribution in [-0.2, 0) is 23.7 Å². The van der Waals surface area contributed by atoms with E-state index < -0.39 is 43.4 Å². The normalized spacial score (nSPS) is 20.7. The first-order valence-corrected chi connectivity index (χ1v) is 23.1. The number of ether oxygens (including phenoxy) is 4. The third-order valence-corrected chi connectivity index (χ3v) is 11.0. The van der Waals surface area contributed by atoms with Crippen LogP contribution in [0, 0.1) is 0 Å². The van der Waals surface area contributed by atoms with Crippen molar-refractivity contribution in [2.75, 3.05) is 26.4 Å². The molecule has 0 aromatic heterocycles. The summed E-state index contributed by atoms with van der Waals surface area (Å²) in [5, 5.41) is 40.1. The Hall–Kier alpha value is -0.810. The van der Waals surface area contributed by atoms with E-state index in [4.69, 9.17) is 18.9 Å². The summed E-state index contributed by atoms with van der Waals surface area (Å²) < 4.78 is 22.8. The molecule has 0 aromatic carbocycles. The zero-order valence-corrected chi connectivity index (χ0v) is 35.3. The fourth-order valence-electron chi connectivity index (χ4n) is 7.38. The molecule has 1 aliphatic heterocycles. The van der Waals surface area contributed by atoms with Gasteiger partial charge in [-0.3, -0.25) is 4.79 Å². The molecule has 54 heavy (non-hydrogen) atoms. The maximum Gasteiger partial charge on any atom is 0.306 e. The van der Waals surface area contributed by atoms with Crippen molar-refractivity contribution in [1.82, 2.24) is 0 Å². The second kappa shape index (κ2) is 37.7. The van der Waals surface area contributed by atoms with Crippen molar-refractivity contribution in [3.05, 3.63) is 0 Å². The molecule has 4 N–H and O–H groups in total. The zero-order chi connectivity index (χ0) is 39.3. The van der Waals surface area contributed by atoms with Gasteiger partial charge in [-0.1, -0.05) is 200 Å². The van der Waals surface area contributed by atoms with Crippen LogP contribution in [0.5, 0.6) is 0 Å². The molecule has 6 atom stereocenters. The van der Waals surface area contributed by atoms with Gasteiger partial charge in [0.2, 0.25) is 0 Å². The largest absolute Gasteiger partial charge is 0.457 e. The summed E-state index contributed by atoms with van der Waals surface area (Å²) in [6.45, 7) is 4.61. The van der Waals surface area contributed by atoms with Gasteiger partial charge in [0, 0.05) is 13.0 Å². The standard InChI is InChI=1S/C45H88O9/c1-3-5-7-9-11-13-15-17-19-21-23-25-27-29-31-33-35-51-37-39(38-52-45-44(50)43(49)42(48)40(36-46)54-45)53-41(47)34-32-30-28-26-24-22-20-18-16-14-12-10-8-6-4-2/h39-40,42-46,48-50H,3-38H2,1-2H3. The topological polar surface area (TPSA) is 135 Å². The van der Waals surface area contributed by atoms with E-state index in [-0.39, 0.29) is 19.2 Å². The molecule has 0 spiro atoms. The van der Waals surface area contributed by atoms with Crippen molar-refractivity contribution in [3.63, 3.8) is 0 Å². The van der Waals surface area contributed by atoms with E-state index in [1.807, 2.05) is 0 Å². The lowest BCUT2D eigenvalue weighted by atomic mass is 9.99. The number of hydrogen-bond donors (Lipinski definition) is 4. The van der Waals surface area contributed by atoms with Gasteiger partial charge in [-0.05, 0) is 12.8 Å². The average molecular weight is 773 g/mol. The van der Waals surface area contributed by atoms with Gasteiger partial charge >= 0.3 is 5.97 Å². The van der Waals surface area contributed by atoms with Crippen molar-refractivity contribution < 1.29 is 44.2 Å². The van der Waals surface area contributed by atoms with Gasteiger partial charge in [-0.15, -0.1) is 0 Å². The molecule has 9 nitrogen and oxygen atoms in total. The fourth-order valence-corrected chi connectivity index (χ4v) is 7.38. The van der Waals surface area contributed by atoms with E-state index in [9.17, 15) is 25.2 Å². The number of esters is 1. The Morgan fingerprint density at radius 3 is 1.31 bits per heavy atom. The lowest BCUT2D eigenvalue weighted by molar-refractivity contribution is -0.305. The van der Waals surface area contributed by atoms with Gasteiger partial charge in [-0.25, -0.2) is 0 Å². The first-order valence-electron chi connectivity index (χ1n) is 23.1. The highest BCUT2D eigenvalue weighted by Crippen LogP contribution is 2.23. The number of carbonyl (C=O) groups is 1. The molecule has 322 valence electrons. The molecule has 0 saturated carbocycles. The average Bonchev–Trinajstić information content (AvgIpc) is 3.17. The molecule has 0 amide bonds. The van der Waals surface area contributed by atoms with E-state index in [0.717, 1.165) is 32.1 Å². The first kappa shape index (κ1) is 51.2. The maximum absolute atomic E-state index is 12.8. The van der Waals surface area contributed by atoms with Crippen LogP contribution in [-0.4, -0.2) is 89.6 Å². The van der Waals surface area contributed by atoms with Crippen molar-refractivity contribution >= 4 is 5.97 Å². The number of unbranched alkanes of at least 4 members (excludes halogenated alkanes) is 29. The maximum atomic E-state index is 12.8. The molecule has 6 unspecified atom stereocenters. The Morgan fingerprint density at radius 2 is 0.907 bits per heavy atom. The molecule has 1 aliphatic rings. The summed E-state index contributed by atoms with van der Waals surface area (Å²) in [4.78, 5) is 12.8. The minimum atomic E-state index is -1.53. The van der Waals surface area contributed by atoms with Crippen LogP contribution in [0.3, 0.4) is 0 Å². The molecule has 0 radical (unpaired) electrons. The van der Waals surface area contributed by atoms with Gasteiger partial charge in [0.05, 0.1) is 19.8 Å². The van der Waals surface area contributed by atoms with Crippen LogP contribution in [0.2, 0.25) is 0 Å². The Labute approximate surface area is 332 Å². The summed E-state index contributed by atoms with van der Waals surface area (Å²) in [5.41, 5.74) is 0. The molecule has 0 bridgehead atoms. The van der Waals surface area contributed by atoms with Gasteiger partial charge in [0.25, 0.3) is 0 Å². The second-order valence-electron chi connectivity index (χ2n) is 16.2. The Balaban J connectivity index is 2.23. The van der Waals surface area contributed by atoms with Crippen LogP contribution in [0.15, 0.2) is 0 Å². The Morgan fingerprint density at radius 1 is 0.519 bits per heavy atom. The summed E-state index contributed by atoms with van der Waals surface area (Å²) >= 11 is 0. The minimum Gasteiger partial charge on any atom is -0.457 e. The first-order chi connectivity index (χ1) is 26.4. The number of aliphatic hydroxyl groups excluding tert-OH is 4. The Bertz CT molecular complexity index is 797. The van der Waals surface area contributed by atoms with Crippen LogP contribution in [0.1, 0.15) is 219 Å². The van der Waals surface area contributed by atoms with Gasteiger partial charge < -0.3 is 39.4 Å². The Kier molecular flexibility index (Phi) is 35.8. The second-order valence-corrected chi connectivity index (χ2v) is 16.2. The van der Waals surface area contributed by atoms with E-state index in [0.29, 0.717) is 13.0 Å². The third kappa shape index (κ3) is 28.6. The van der Waals surface area contributed by atoms with E-state index in [2.05, 4.69) is 13.8 Å². The fraction of sp³-hybridized carbons (Fsp3) is 0.978. The summed E-state index contributed by atoms with van der Waals surface area (Å²) in [6.07, 6.45) is 32.7. The van der Waals surface area contributed by atoms with Crippen molar-refractivity contribution in [1.29, 1.82) is 0 Å². The van der Waals surface area contributed by atoms with Crippen LogP contribution in [0.25, 0.3) is 0 Å². The van der Waals surface area contributed by atoms with E-state index in [1.165, 1.54) is 167 Å². The molecule has 1 heterocycles. The highest BCUT2D eigenvalue weighted by atomic mass is 16.7. The quantitative estimate of drug-likeness (QED) is 0.0355. The lowest BCUT2D eigenvalue weighted by Gasteiger charge is -2.39. The van der Waals surface area contributed by atoms with E-state index in [1.54, 1.807) is 0 Å². The van der Waals surface area contributed by atoms with E-state index >= 15 is 0 Å². The smallest absolute Gasteiger partial charge is 0.306 e. The lowest BCUT2D eigenvalue weighted by Crippen LogP contribution is -2.59. The predicted molar refractivity (Wildman–Crippen MR) is 220 cm³/mol. The molecular formula is C45H88O9. The summed E-state index contributed by atoms with van der Waals surface area (Å²) in [7, 11) is 0. The SMILES string of the molecule is CCCCCCCCCCCCCCCCCCOCC(COC1OC(CO)C(O)C(O)C1O)OC(=O)CCCCCCCCCCCCCCCCC. The van der Waals surface area contributed by atoms with Crippen molar-refractivity contribution in [2.24, 2.45) is 0 Å². The summed E-state index contributed by atoms with van der Waals surface area (Å²) in [6, 6.07) is 0. The van der Waals surface area contributed by atoms with Crippen molar-refractivity contribution in [3.8, 4) is 0 Å². The minimum absolute atomic E-state index is 0.105. The van der Waals surface area contributed by atoms with Crippen LogP contribution in [0.4, 0.5) is 0 Å². The van der Waals surface area contributed by atoms with Gasteiger partial charge in [-0.2, -0.15) is 0 Å². The van der Waals surface area contributed by atoms with Crippen LogP contribution >= 0.6 is 0 Å². The number of hydrogen-bond acceptors (Lipinski definition) is 9. The third-order valence-electron chi connectivity index (χ3n) is 11.0. The summed E-state index contributed by atoms with van der Waals surface area (Å²) in [5.74, 6) is -0.307. The van der Waals surface area contributed by atoms with Gasteiger partial charge in [0.15, 0.2) is 6.29 Å². The highest BCUT2D eigenvalue weighted by molar-refractivity contribution is 5.69. The number of rotatable bonds is 40. The number of aliphatic hydroxyl groups is 4. The van der Waals surface area contributed by atoms with Crippen molar-refractivity contribution in [2.45, 2.75) is 256 Å². The monoisotopic (exact) mass is 773 g/mol. The van der Waals surface area contributed by atoms with Gasteiger partial charge in [0.1, 0.15) is 30.5 Å². The van der Waals surface area contributed by atoms with Crippen LogP contribution < -0.4 is 0 Å². The predicted octanol–water partition coefficient (Wildman–Crippen LogP) is 10.3. The molecule has 0 aromatic rings. The molecule has 0 aliphatic carbocycles. The molecule has 1 rings (SSSR count). The zero-order valence-electron chi connectivity index (χ0n) is 35.3. The molecular weight excluding hydrogens is 684 g/mol. The highest BCUT2D eigenvalue weighted by Gasteiger charge is 2.44. The number of carbonyl (C=O) groups excluding carboxylic acids is 1. The molecule has 9 heteroatoms. The molecule has 1 saturated heterocycles. The molecule has 1 fully saturated rings.